The molecular weight excluding hydrogens is 214 g/mol. The summed E-state index contributed by atoms with van der Waals surface area (Å²) in [6.07, 6.45) is 2.74. The van der Waals surface area contributed by atoms with Gasteiger partial charge in [-0.2, -0.15) is 0 Å². The number of ether oxygens (including phenoxy) is 1. The van der Waals surface area contributed by atoms with Crippen molar-refractivity contribution in [2.24, 2.45) is 11.7 Å². The molecule has 2 rings (SSSR count). The van der Waals surface area contributed by atoms with Crippen LogP contribution in [-0.2, 0) is 6.42 Å². The van der Waals surface area contributed by atoms with E-state index < -0.39 is 0 Å². The SMILES string of the molecule is COc1cccc2c(CC(C)[C@H](C)N)coc12. The molecule has 1 aromatic carbocycles. The first-order valence-electron chi connectivity index (χ1n) is 5.92. The minimum atomic E-state index is 0.186. The third-order valence-electron chi connectivity index (χ3n) is 3.30. The van der Waals surface area contributed by atoms with Gasteiger partial charge in [-0.3, -0.25) is 0 Å². The Morgan fingerprint density at radius 1 is 1.35 bits per heavy atom. The summed E-state index contributed by atoms with van der Waals surface area (Å²) in [5.74, 6) is 1.21. The fraction of sp³-hybridized carbons (Fsp3) is 0.429. The average molecular weight is 233 g/mol. The van der Waals surface area contributed by atoms with Crippen molar-refractivity contribution in [3.8, 4) is 5.75 Å². The predicted octanol–water partition coefficient (Wildman–Crippen LogP) is 2.97. The molecule has 17 heavy (non-hydrogen) atoms. The van der Waals surface area contributed by atoms with Gasteiger partial charge in [0.1, 0.15) is 0 Å². The summed E-state index contributed by atoms with van der Waals surface area (Å²) in [4.78, 5) is 0. The van der Waals surface area contributed by atoms with E-state index >= 15 is 0 Å². The Balaban J connectivity index is 2.36. The van der Waals surface area contributed by atoms with Crippen molar-refractivity contribution in [2.75, 3.05) is 7.11 Å². The van der Waals surface area contributed by atoms with Gasteiger partial charge in [-0.1, -0.05) is 19.1 Å². The summed E-state index contributed by atoms with van der Waals surface area (Å²) in [6, 6.07) is 6.14. The van der Waals surface area contributed by atoms with Crippen LogP contribution >= 0.6 is 0 Å². The van der Waals surface area contributed by atoms with Crippen molar-refractivity contribution in [3.63, 3.8) is 0 Å². The van der Waals surface area contributed by atoms with Crippen LogP contribution in [0.25, 0.3) is 11.0 Å². The fourth-order valence-electron chi connectivity index (χ4n) is 1.94. The Bertz CT molecular complexity index is 502. The molecule has 1 unspecified atom stereocenters. The quantitative estimate of drug-likeness (QED) is 0.883. The minimum Gasteiger partial charge on any atom is -0.493 e. The Morgan fingerprint density at radius 3 is 2.76 bits per heavy atom. The second-order valence-electron chi connectivity index (χ2n) is 4.64. The van der Waals surface area contributed by atoms with Gasteiger partial charge in [-0.15, -0.1) is 0 Å². The summed E-state index contributed by atoms with van der Waals surface area (Å²) in [6.45, 7) is 4.19. The molecule has 2 aromatic rings. The van der Waals surface area contributed by atoms with Crippen LogP contribution in [0.15, 0.2) is 28.9 Å². The molecule has 0 saturated heterocycles. The summed E-state index contributed by atoms with van der Waals surface area (Å²) in [5.41, 5.74) is 7.92. The largest absolute Gasteiger partial charge is 0.493 e. The van der Waals surface area contributed by atoms with E-state index in [1.165, 1.54) is 5.56 Å². The van der Waals surface area contributed by atoms with Crippen molar-refractivity contribution in [1.82, 2.24) is 0 Å². The zero-order chi connectivity index (χ0) is 12.4. The summed E-state index contributed by atoms with van der Waals surface area (Å²) in [5, 5.41) is 1.12. The normalized spacial score (nSPS) is 14.8. The van der Waals surface area contributed by atoms with E-state index in [-0.39, 0.29) is 6.04 Å². The van der Waals surface area contributed by atoms with Gasteiger partial charge in [-0.05, 0) is 30.9 Å². The van der Waals surface area contributed by atoms with Gasteiger partial charge < -0.3 is 14.9 Å². The highest BCUT2D eigenvalue weighted by molar-refractivity contribution is 5.86. The van der Waals surface area contributed by atoms with Gasteiger partial charge in [0.2, 0.25) is 0 Å². The van der Waals surface area contributed by atoms with E-state index in [2.05, 4.69) is 13.0 Å². The maximum atomic E-state index is 5.90. The molecule has 0 radical (unpaired) electrons. The highest BCUT2D eigenvalue weighted by atomic mass is 16.5. The number of para-hydroxylation sites is 1. The lowest BCUT2D eigenvalue weighted by atomic mass is 9.95. The molecule has 3 nitrogen and oxygen atoms in total. The number of hydrogen-bond donors (Lipinski definition) is 1. The smallest absolute Gasteiger partial charge is 0.175 e. The molecule has 1 aromatic heterocycles. The van der Waals surface area contributed by atoms with Gasteiger partial charge in [0.05, 0.1) is 13.4 Å². The zero-order valence-corrected chi connectivity index (χ0v) is 10.6. The van der Waals surface area contributed by atoms with Crippen LogP contribution in [-0.4, -0.2) is 13.2 Å². The lowest BCUT2D eigenvalue weighted by molar-refractivity contribution is 0.410. The molecule has 2 N–H and O–H groups in total. The third-order valence-corrected chi connectivity index (χ3v) is 3.30. The van der Waals surface area contributed by atoms with Crippen molar-refractivity contribution in [1.29, 1.82) is 0 Å². The maximum Gasteiger partial charge on any atom is 0.175 e. The minimum absolute atomic E-state index is 0.186. The van der Waals surface area contributed by atoms with Crippen LogP contribution in [0, 0.1) is 5.92 Å². The zero-order valence-electron chi connectivity index (χ0n) is 10.6. The second kappa shape index (κ2) is 4.80. The van der Waals surface area contributed by atoms with Crippen LogP contribution in [0.4, 0.5) is 0 Å². The van der Waals surface area contributed by atoms with Gasteiger partial charge in [0.25, 0.3) is 0 Å². The Kier molecular flexibility index (Phi) is 3.38. The first-order chi connectivity index (χ1) is 8.13. The Labute approximate surface area is 102 Å². The number of fused-ring (bicyclic) bond motifs is 1. The number of nitrogens with two attached hydrogens (primary N) is 1. The van der Waals surface area contributed by atoms with Crippen molar-refractivity contribution < 1.29 is 9.15 Å². The number of furan rings is 1. The van der Waals surface area contributed by atoms with Gasteiger partial charge >= 0.3 is 0 Å². The van der Waals surface area contributed by atoms with E-state index in [4.69, 9.17) is 14.9 Å². The van der Waals surface area contributed by atoms with Crippen LogP contribution in [0.3, 0.4) is 0 Å². The summed E-state index contributed by atoms with van der Waals surface area (Å²) >= 11 is 0. The molecule has 0 fully saturated rings. The van der Waals surface area contributed by atoms with E-state index in [9.17, 15) is 0 Å². The standard InChI is InChI=1S/C14H19NO2/c1-9(10(2)15)7-11-8-17-14-12(11)5-4-6-13(14)16-3/h4-6,8-10H,7,15H2,1-3H3/t9?,10-/m0/s1. The van der Waals surface area contributed by atoms with Gasteiger partial charge in [-0.25, -0.2) is 0 Å². The topological polar surface area (TPSA) is 48.4 Å². The monoisotopic (exact) mass is 233 g/mol. The van der Waals surface area contributed by atoms with Gasteiger partial charge in [0.15, 0.2) is 11.3 Å². The molecule has 0 aliphatic carbocycles. The molecule has 1 heterocycles. The lowest BCUT2D eigenvalue weighted by Crippen LogP contribution is -2.25. The molecule has 0 saturated carbocycles. The lowest BCUT2D eigenvalue weighted by Gasteiger charge is -2.14. The van der Waals surface area contributed by atoms with E-state index in [0.29, 0.717) is 5.92 Å². The van der Waals surface area contributed by atoms with Crippen molar-refractivity contribution in [3.05, 3.63) is 30.0 Å². The second-order valence-corrected chi connectivity index (χ2v) is 4.64. The highest BCUT2D eigenvalue weighted by Gasteiger charge is 2.14. The number of hydrogen-bond acceptors (Lipinski definition) is 3. The molecule has 0 bridgehead atoms. The van der Waals surface area contributed by atoms with Crippen molar-refractivity contribution >= 4 is 11.0 Å². The average Bonchev–Trinajstić information content (AvgIpc) is 2.72. The number of methoxy groups -OCH3 is 1. The van der Waals surface area contributed by atoms with E-state index in [1.807, 2.05) is 25.3 Å². The van der Waals surface area contributed by atoms with Gasteiger partial charge in [0, 0.05) is 11.4 Å². The Hall–Kier alpha value is -1.48. The summed E-state index contributed by atoms with van der Waals surface area (Å²) < 4.78 is 10.9. The van der Waals surface area contributed by atoms with Crippen LogP contribution in [0.5, 0.6) is 5.75 Å². The highest BCUT2D eigenvalue weighted by Crippen LogP contribution is 2.30. The van der Waals surface area contributed by atoms with Crippen LogP contribution in [0.2, 0.25) is 0 Å². The first-order valence-corrected chi connectivity index (χ1v) is 5.92. The Morgan fingerprint density at radius 2 is 2.12 bits per heavy atom. The molecule has 2 atom stereocenters. The maximum absolute atomic E-state index is 5.90. The van der Waals surface area contributed by atoms with Crippen molar-refractivity contribution in [2.45, 2.75) is 26.3 Å². The van der Waals surface area contributed by atoms with Crippen LogP contribution in [0.1, 0.15) is 19.4 Å². The molecule has 0 amide bonds. The number of benzene rings is 1. The number of rotatable bonds is 4. The van der Waals surface area contributed by atoms with E-state index in [0.717, 1.165) is 23.1 Å². The molecule has 92 valence electrons. The molecule has 3 heteroatoms. The first kappa shape index (κ1) is 12.0. The predicted molar refractivity (Wildman–Crippen MR) is 69.3 cm³/mol. The molecular formula is C14H19NO2. The molecule has 0 aliphatic rings. The van der Waals surface area contributed by atoms with Crippen LogP contribution < -0.4 is 10.5 Å². The fourth-order valence-corrected chi connectivity index (χ4v) is 1.94. The third kappa shape index (κ3) is 2.29. The summed E-state index contributed by atoms with van der Waals surface area (Å²) in [7, 11) is 1.65. The van der Waals surface area contributed by atoms with E-state index in [1.54, 1.807) is 7.11 Å². The molecule has 0 aliphatic heterocycles. The molecule has 0 spiro atoms.